The lowest BCUT2D eigenvalue weighted by molar-refractivity contribution is -0.119. The summed E-state index contributed by atoms with van der Waals surface area (Å²) in [6, 6.07) is 16.0. The molecule has 0 saturated carbocycles. The Morgan fingerprint density at radius 2 is 1.87 bits per heavy atom. The topological polar surface area (TPSA) is 118 Å². The highest BCUT2D eigenvalue weighted by Crippen LogP contribution is 2.25. The van der Waals surface area contributed by atoms with Crippen LogP contribution in [0.5, 0.6) is 0 Å². The first-order valence-electron chi connectivity index (χ1n) is 9.49. The van der Waals surface area contributed by atoms with Crippen molar-refractivity contribution in [1.82, 2.24) is 25.4 Å². The van der Waals surface area contributed by atoms with E-state index < -0.39 is 17.2 Å². The normalized spacial score (nSPS) is 11.4. The van der Waals surface area contributed by atoms with E-state index in [0.717, 1.165) is 11.3 Å². The number of carbonyl (C=O) groups excluding carboxylic acids is 3. The minimum atomic E-state index is -0.594. The van der Waals surface area contributed by atoms with Gasteiger partial charge in [0.15, 0.2) is 5.16 Å². The number of amides is 4. The van der Waals surface area contributed by atoms with Crippen molar-refractivity contribution >= 4 is 35.3 Å². The van der Waals surface area contributed by atoms with Gasteiger partial charge in [-0.25, -0.2) is 4.79 Å². The molecule has 31 heavy (non-hydrogen) atoms. The van der Waals surface area contributed by atoms with Gasteiger partial charge in [0.1, 0.15) is 6.33 Å². The van der Waals surface area contributed by atoms with Crippen LogP contribution in [0.15, 0.2) is 66.1 Å². The average Bonchev–Trinajstić information content (AvgIpc) is 3.21. The average molecular weight is 439 g/mol. The van der Waals surface area contributed by atoms with Gasteiger partial charge in [-0.15, -0.1) is 10.2 Å². The first-order valence-corrected chi connectivity index (χ1v) is 10.4. The second kappa shape index (κ2) is 10.4. The molecule has 0 aliphatic carbocycles. The molecule has 0 spiro atoms. The number of hydrogen-bond donors (Lipinski definition) is 3. The van der Waals surface area contributed by atoms with Gasteiger partial charge in [0, 0.05) is 19.2 Å². The second-order valence-electron chi connectivity index (χ2n) is 6.63. The molecule has 1 heterocycles. The van der Waals surface area contributed by atoms with E-state index in [0.29, 0.717) is 17.4 Å². The van der Waals surface area contributed by atoms with Gasteiger partial charge in [-0.3, -0.25) is 19.5 Å². The van der Waals surface area contributed by atoms with Crippen LogP contribution in [0.1, 0.15) is 19.4 Å². The number of hydrogen-bond acceptors (Lipinski definition) is 6. The van der Waals surface area contributed by atoms with Crippen molar-refractivity contribution < 1.29 is 14.4 Å². The van der Waals surface area contributed by atoms with E-state index in [1.807, 2.05) is 36.4 Å². The van der Waals surface area contributed by atoms with E-state index in [4.69, 9.17) is 0 Å². The molecule has 0 fully saturated rings. The van der Waals surface area contributed by atoms with Crippen molar-refractivity contribution in [2.24, 2.45) is 0 Å². The van der Waals surface area contributed by atoms with Crippen LogP contribution in [-0.4, -0.2) is 37.9 Å². The largest absolute Gasteiger partial charge is 0.334 e. The summed E-state index contributed by atoms with van der Waals surface area (Å²) in [6.45, 7) is 3.43. The van der Waals surface area contributed by atoms with E-state index in [1.54, 1.807) is 29.7 Å². The van der Waals surface area contributed by atoms with Gasteiger partial charge in [-0.05, 0) is 30.7 Å². The summed E-state index contributed by atoms with van der Waals surface area (Å²) in [4.78, 5) is 35.7. The summed E-state index contributed by atoms with van der Waals surface area (Å²) in [6.07, 6.45) is 1.52. The number of thioether (sulfide) groups is 1. The quantitative estimate of drug-likeness (QED) is 0.488. The number of benzene rings is 2. The van der Waals surface area contributed by atoms with E-state index in [2.05, 4.69) is 26.1 Å². The molecule has 2 aromatic carbocycles. The number of urea groups is 1. The Morgan fingerprint density at radius 1 is 1.10 bits per heavy atom. The lowest BCUT2D eigenvalue weighted by Gasteiger charge is -2.13. The molecule has 1 aromatic heterocycles. The van der Waals surface area contributed by atoms with Crippen LogP contribution < -0.4 is 16.0 Å². The van der Waals surface area contributed by atoms with Gasteiger partial charge >= 0.3 is 6.03 Å². The van der Waals surface area contributed by atoms with E-state index in [-0.39, 0.29) is 5.91 Å². The van der Waals surface area contributed by atoms with Crippen LogP contribution in [0.25, 0.3) is 5.69 Å². The lowest BCUT2D eigenvalue weighted by atomic mass is 10.2. The summed E-state index contributed by atoms with van der Waals surface area (Å²) in [5.74, 6) is -0.622. The number of nitrogens with zero attached hydrogens (tertiary/aromatic N) is 3. The highest BCUT2D eigenvalue weighted by Gasteiger charge is 2.20. The molecule has 3 aromatic rings. The van der Waals surface area contributed by atoms with E-state index in [9.17, 15) is 14.4 Å². The maximum absolute atomic E-state index is 12.4. The van der Waals surface area contributed by atoms with Crippen molar-refractivity contribution in [3.63, 3.8) is 0 Å². The first kappa shape index (κ1) is 22.0. The standard InChI is InChI=1S/C21H22N6O3S/c1-14(19(29)25-20(30)22-12-16-7-4-3-5-8-16)31-21-26-23-13-27(21)18-10-6-9-17(11-18)24-15(2)28/h3-11,13-14H,12H2,1-2H3,(H,24,28)(H2,22,25,29,30). The summed E-state index contributed by atoms with van der Waals surface area (Å²) in [7, 11) is 0. The number of nitrogens with one attached hydrogen (secondary N) is 3. The number of carbonyl (C=O) groups is 3. The maximum Gasteiger partial charge on any atom is 0.321 e. The van der Waals surface area contributed by atoms with Crippen molar-refractivity contribution in [2.45, 2.75) is 30.8 Å². The van der Waals surface area contributed by atoms with Gasteiger partial charge in [-0.1, -0.05) is 48.2 Å². The molecule has 0 radical (unpaired) electrons. The van der Waals surface area contributed by atoms with Gasteiger partial charge in [0.05, 0.1) is 10.9 Å². The third kappa shape index (κ3) is 6.41. The molecule has 160 valence electrons. The predicted octanol–water partition coefficient (Wildman–Crippen LogP) is 2.73. The van der Waals surface area contributed by atoms with Crippen LogP contribution in [0.3, 0.4) is 0 Å². The molecule has 1 unspecified atom stereocenters. The van der Waals surface area contributed by atoms with Crippen molar-refractivity contribution in [2.75, 3.05) is 5.32 Å². The Hall–Kier alpha value is -3.66. The van der Waals surface area contributed by atoms with Crippen molar-refractivity contribution in [3.05, 3.63) is 66.5 Å². The van der Waals surface area contributed by atoms with Crippen LogP contribution in [0, 0.1) is 0 Å². The summed E-state index contributed by atoms with van der Waals surface area (Å²) < 4.78 is 1.70. The van der Waals surface area contributed by atoms with Gasteiger partial charge in [0.25, 0.3) is 0 Å². The summed E-state index contributed by atoms with van der Waals surface area (Å²) in [5, 5.41) is 15.6. The molecule has 10 heteroatoms. The molecule has 3 N–H and O–H groups in total. The molecular formula is C21H22N6O3S. The fourth-order valence-electron chi connectivity index (χ4n) is 2.67. The smallest absolute Gasteiger partial charge is 0.321 e. The third-order valence-electron chi connectivity index (χ3n) is 4.15. The zero-order valence-electron chi connectivity index (χ0n) is 17.0. The van der Waals surface area contributed by atoms with Crippen molar-refractivity contribution in [1.29, 1.82) is 0 Å². The number of imide groups is 1. The van der Waals surface area contributed by atoms with E-state index >= 15 is 0 Å². The number of rotatable bonds is 7. The van der Waals surface area contributed by atoms with Crippen LogP contribution in [0.2, 0.25) is 0 Å². The Morgan fingerprint density at radius 3 is 2.61 bits per heavy atom. The molecule has 9 nitrogen and oxygen atoms in total. The molecule has 4 amide bonds. The maximum atomic E-state index is 12.4. The SMILES string of the molecule is CC(=O)Nc1cccc(-n2cnnc2SC(C)C(=O)NC(=O)NCc2ccccc2)c1. The van der Waals surface area contributed by atoms with Crippen LogP contribution in [0.4, 0.5) is 10.5 Å². The van der Waals surface area contributed by atoms with Gasteiger partial charge < -0.3 is 10.6 Å². The predicted molar refractivity (Wildman–Crippen MR) is 118 cm³/mol. The van der Waals surface area contributed by atoms with E-state index in [1.165, 1.54) is 25.0 Å². The minimum absolute atomic E-state index is 0.175. The van der Waals surface area contributed by atoms with Crippen molar-refractivity contribution in [3.8, 4) is 5.69 Å². The molecule has 1 atom stereocenters. The van der Waals surface area contributed by atoms with Gasteiger partial charge in [-0.2, -0.15) is 0 Å². The third-order valence-corrected chi connectivity index (χ3v) is 5.20. The zero-order valence-corrected chi connectivity index (χ0v) is 17.8. The molecule has 3 rings (SSSR count). The highest BCUT2D eigenvalue weighted by molar-refractivity contribution is 8.00. The fraction of sp³-hybridized carbons (Fsp3) is 0.190. The zero-order chi connectivity index (χ0) is 22.2. The molecule has 0 aliphatic heterocycles. The molecule has 0 bridgehead atoms. The van der Waals surface area contributed by atoms with Crippen LogP contribution in [-0.2, 0) is 16.1 Å². The highest BCUT2D eigenvalue weighted by atomic mass is 32.2. The Labute approximate surface area is 183 Å². The second-order valence-corrected chi connectivity index (χ2v) is 7.94. The summed E-state index contributed by atoms with van der Waals surface area (Å²) in [5.41, 5.74) is 2.30. The molecule has 0 aliphatic rings. The monoisotopic (exact) mass is 438 g/mol. The minimum Gasteiger partial charge on any atom is -0.334 e. The summed E-state index contributed by atoms with van der Waals surface area (Å²) >= 11 is 1.17. The lowest BCUT2D eigenvalue weighted by Crippen LogP contribution is -2.42. The van der Waals surface area contributed by atoms with Gasteiger partial charge in [0.2, 0.25) is 11.8 Å². The number of anilines is 1. The van der Waals surface area contributed by atoms with Crippen LogP contribution >= 0.6 is 11.8 Å². The Balaban J connectivity index is 1.59. The Kier molecular flexibility index (Phi) is 7.39. The Bertz CT molecular complexity index is 1070. The first-order chi connectivity index (χ1) is 14.9. The fourth-order valence-corrected chi connectivity index (χ4v) is 3.51. The number of aromatic nitrogens is 3. The molecule has 0 saturated heterocycles. The molecular weight excluding hydrogens is 416 g/mol.